The minimum absolute atomic E-state index is 0.0270. The lowest BCUT2D eigenvalue weighted by atomic mass is 9.48. The molecule has 0 saturated heterocycles. The first-order valence-electron chi connectivity index (χ1n) is 10.7. The van der Waals surface area contributed by atoms with Crippen LogP contribution in [0.4, 0.5) is 13.2 Å². The molecule has 1 aromatic heterocycles. The summed E-state index contributed by atoms with van der Waals surface area (Å²) in [5.41, 5.74) is -0.395. The van der Waals surface area contributed by atoms with Crippen LogP contribution in [0.1, 0.15) is 66.7 Å². The van der Waals surface area contributed by atoms with Crippen molar-refractivity contribution < 1.29 is 23.1 Å². The van der Waals surface area contributed by atoms with Gasteiger partial charge in [-0.15, -0.1) is 0 Å². The zero-order valence-electron chi connectivity index (χ0n) is 16.6. The van der Waals surface area contributed by atoms with Crippen molar-refractivity contribution in [1.29, 1.82) is 0 Å². The molecule has 0 atom stereocenters. The normalized spacial score (nSPS) is 30.0. The molecule has 160 valence electrons. The highest BCUT2D eigenvalue weighted by Crippen LogP contribution is 2.61. The minimum Gasteiger partial charge on any atom is -0.476 e. The van der Waals surface area contributed by atoms with Gasteiger partial charge >= 0.3 is 12.1 Å². The fraction of sp³-hybridized carbons (Fsp3) is 0.565. The Morgan fingerprint density at radius 1 is 1.10 bits per heavy atom. The van der Waals surface area contributed by atoms with Crippen LogP contribution in [0.15, 0.2) is 24.3 Å². The SMILES string of the molecule is O=C(O)c1nc(-c2ccccc2C(F)(F)F)[nH]c1CCC12CC3CC(CC(C3)C1)C2. The van der Waals surface area contributed by atoms with E-state index in [2.05, 4.69) is 9.97 Å². The van der Waals surface area contributed by atoms with Crippen molar-refractivity contribution in [1.82, 2.24) is 9.97 Å². The summed E-state index contributed by atoms with van der Waals surface area (Å²) in [5.74, 6) is 1.16. The van der Waals surface area contributed by atoms with Gasteiger partial charge in [0.2, 0.25) is 0 Å². The Labute approximate surface area is 172 Å². The molecule has 1 aromatic carbocycles. The lowest BCUT2D eigenvalue weighted by molar-refractivity contribution is -0.137. The number of alkyl halides is 3. The van der Waals surface area contributed by atoms with E-state index in [9.17, 15) is 23.1 Å². The molecule has 0 spiro atoms. The molecule has 0 unspecified atom stereocenters. The van der Waals surface area contributed by atoms with Gasteiger partial charge in [0, 0.05) is 11.3 Å². The van der Waals surface area contributed by atoms with Crippen LogP contribution in [0.2, 0.25) is 0 Å². The second kappa shape index (κ2) is 6.86. The predicted molar refractivity (Wildman–Crippen MR) is 105 cm³/mol. The molecular weight excluding hydrogens is 393 g/mol. The van der Waals surface area contributed by atoms with Crippen LogP contribution in [0.3, 0.4) is 0 Å². The summed E-state index contributed by atoms with van der Waals surface area (Å²) < 4.78 is 40.2. The van der Waals surface area contributed by atoms with Crippen LogP contribution in [-0.2, 0) is 12.6 Å². The Kier molecular flexibility index (Phi) is 4.49. The summed E-state index contributed by atoms with van der Waals surface area (Å²) in [7, 11) is 0. The molecule has 2 aromatic rings. The molecule has 4 aliphatic carbocycles. The summed E-state index contributed by atoms with van der Waals surface area (Å²) in [6, 6.07) is 5.15. The van der Waals surface area contributed by atoms with E-state index >= 15 is 0 Å². The molecule has 4 nitrogen and oxygen atoms in total. The van der Waals surface area contributed by atoms with E-state index in [0.29, 0.717) is 12.1 Å². The third kappa shape index (κ3) is 3.42. The number of aromatic amines is 1. The second-order valence-electron chi connectivity index (χ2n) is 9.68. The first-order valence-corrected chi connectivity index (χ1v) is 10.7. The summed E-state index contributed by atoms with van der Waals surface area (Å²) in [5, 5.41) is 9.61. The number of hydrogen-bond donors (Lipinski definition) is 2. The minimum atomic E-state index is -4.54. The van der Waals surface area contributed by atoms with E-state index in [1.807, 2.05) is 0 Å². The number of H-pyrrole nitrogens is 1. The monoisotopic (exact) mass is 418 g/mol. The molecule has 4 bridgehead atoms. The van der Waals surface area contributed by atoms with Crippen molar-refractivity contribution in [2.75, 3.05) is 0 Å². The summed E-state index contributed by atoms with van der Waals surface area (Å²) >= 11 is 0. The van der Waals surface area contributed by atoms with Gasteiger partial charge in [0.25, 0.3) is 0 Å². The first kappa shape index (κ1) is 19.6. The maximum Gasteiger partial charge on any atom is 0.417 e. The number of hydrogen-bond acceptors (Lipinski definition) is 2. The van der Waals surface area contributed by atoms with Crippen LogP contribution in [0.25, 0.3) is 11.4 Å². The smallest absolute Gasteiger partial charge is 0.417 e. The number of rotatable bonds is 5. The average Bonchev–Trinajstić information content (AvgIpc) is 3.09. The molecule has 30 heavy (non-hydrogen) atoms. The van der Waals surface area contributed by atoms with E-state index in [4.69, 9.17) is 0 Å². The van der Waals surface area contributed by atoms with Gasteiger partial charge in [-0.05, 0) is 80.6 Å². The van der Waals surface area contributed by atoms with Gasteiger partial charge < -0.3 is 10.1 Å². The molecule has 6 rings (SSSR count). The zero-order valence-corrected chi connectivity index (χ0v) is 16.6. The summed E-state index contributed by atoms with van der Waals surface area (Å²) in [6.45, 7) is 0. The third-order valence-electron chi connectivity index (χ3n) is 7.54. The molecule has 0 radical (unpaired) electrons. The van der Waals surface area contributed by atoms with Crippen molar-refractivity contribution in [3.05, 3.63) is 41.2 Å². The topological polar surface area (TPSA) is 66.0 Å². The van der Waals surface area contributed by atoms with E-state index in [0.717, 1.165) is 30.2 Å². The first-order chi connectivity index (χ1) is 14.2. The summed E-state index contributed by atoms with van der Waals surface area (Å²) in [6.07, 6.45) is 4.48. The quantitative estimate of drug-likeness (QED) is 0.631. The standard InChI is InChI=1S/C23H25F3N2O2/c24-23(25,26)17-4-2-1-3-16(17)20-27-18(19(28-20)21(29)30)5-6-22-10-13-7-14(11-22)9-15(8-13)12-22/h1-4,13-15H,5-12H2,(H,27,28)(H,29,30). The number of aromatic nitrogens is 2. The van der Waals surface area contributed by atoms with E-state index in [1.165, 1.54) is 56.7 Å². The van der Waals surface area contributed by atoms with Gasteiger partial charge in [0.05, 0.1) is 5.56 Å². The van der Waals surface area contributed by atoms with Crippen molar-refractivity contribution in [3.63, 3.8) is 0 Å². The lowest BCUT2D eigenvalue weighted by Crippen LogP contribution is -2.46. The van der Waals surface area contributed by atoms with Gasteiger partial charge in [-0.25, -0.2) is 9.78 Å². The molecular formula is C23H25F3N2O2. The van der Waals surface area contributed by atoms with E-state index in [-0.39, 0.29) is 22.5 Å². The molecule has 4 fully saturated rings. The Bertz CT molecular complexity index is 944. The molecule has 0 aliphatic heterocycles. The summed E-state index contributed by atoms with van der Waals surface area (Å²) in [4.78, 5) is 18.8. The number of nitrogens with one attached hydrogen (secondary N) is 1. The van der Waals surface area contributed by atoms with Crippen molar-refractivity contribution in [2.45, 2.75) is 57.5 Å². The highest BCUT2D eigenvalue weighted by molar-refractivity contribution is 5.87. The van der Waals surface area contributed by atoms with Gasteiger partial charge in [0.1, 0.15) is 5.82 Å². The average molecular weight is 418 g/mol. The highest BCUT2D eigenvalue weighted by Gasteiger charge is 2.50. The lowest BCUT2D eigenvalue weighted by Gasteiger charge is -2.57. The van der Waals surface area contributed by atoms with E-state index in [1.54, 1.807) is 0 Å². The molecule has 4 saturated carbocycles. The van der Waals surface area contributed by atoms with Gasteiger partial charge in [0.15, 0.2) is 5.69 Å². The number of nitrogens with zero attached hydrogens (tertiary/aromatic N) is 1. The molecule has 4 aliphatic rings. The number of halogens is 3. The molecule has 1 heterocycles. The van der Waals surface area contributed by atoms with Crippen LogP contribution in [0.5, 0.6) is 0 Å². The molecule has 0 amide bonds. The fourth-order valence-electron chi connectivity index (χ4n) is 6.82. The second-order valence-corrected chi connectivity index (χ2v) is 9.68. The Hall–Kier alpha value is -2.31. The number of carbonyl (C=O) groups is 1. The van der Waals surface area contributed by atoms with Gasteiger partial charge in [-0.1, -0.05) is 18.2 Å². The molecule has 2 N–H and O–H groups in total. The van der Waals surface area contributed by atoms with Gasteiger partial charge in [-0.3, -0.25) is 0 Å². The number of carboxylic acid groups (broad SMARTS) is 1. The zero-order chi connectivity index (χ0) is 21.1. The third-order valence-corrected chi connectivity index (χ3v) is 7.54. The van der Waals surface area contributed by atoms with Crippen LogP contribution in [0, 0.1) is 23.2 Å². The van der Waals surface area contributed by atoms with Crippen LogP contribution in [-0.4, -0.2) is 21.0 Å². The molecule has 7 heteroatoms. The predicted octanol–water partition coefficient (Wildman–Crippen LogP) is 5.94. The van der Waals surface area contributed by atoms with Crippen LogP contribution >= 0.6 is 0 Å². The Morgan fingerprint density at radius 3 is 2.27 bits per heavy atom. The van der Waals surface area contributed by atoms with Gasteiger partial charge in [-0.2, -0.15) is 13.2 Å². The fourth-order valence-corrected chi connectivity index (χ4v) is 6.82. The van der Waals surface area contributed by atoms with Crippen molar-refractivity contribution >= 4 is 5.97 Å². The van der Waals surface area contributed by atoms with Crippen molar-refractivity contribution in [3.8, 4) is 11.4 Å². The maximum atomic E-state index is 13.4. The number of imidazole rings is 1. The largest absolute Gasteiger partial charge is 0.476 e. The van der Waals surface area contributed by atoms with E-state index < -0.39 is 17.7 Å². The van der Waals surface area contributed by atoms with Crippen molar-refractivity contribution in [2.24, 2.45) is 23.2 Å². The number of aryl methyl sites for hydroxylation is 1. The Balaban J connectivity index is 1.43. The number of carboxylic acids is 1. The maximum absolute atomic E-state index is 13.4. The number of benzene rings is 1. The Morgan fingerprint density at radius 2 is 1.70 bits per heavy atom. The highest BCUT2D eigenvalue weighted by atomic mass is 19.4. The van der Waals surface area contributed by atoms with Crippen LogP contribution < -0.4 is 0 Å². The number of aromatic carboxylic acids is 1.